The van der Waals surface area contributed by atoms with Crippen LogP contribution >= 0.6 is 0 Å². The van der Waals surface area contributed by atoms with Crippen LogP contribution in [0.5, 0.6) is 0 Å². The highest BCUT2D eigenvalue weighted by Crippen LogP contribution is 2.11. The van der Waals surface area contributed by atoms with Crippen molar-refractivity contribution in [3.8, 4) is 0 Å². The molecule has 94 valence electrons. The van der Waals surface area contributed by atoms with Crippen LogP contribution in [0.15, 0.2) is 24.3 Å². The van der Waals surface area contributed by atoms with E-state index in [0.29, 0.717) is 0 Å². The summed E-state index contributed by atoms with van der Waals surface area (Å²) in [7, 11) is 0. The molecule has 0 aliphatic carbocycles. The maximum Gasteiger partial charge on any atom is 0.166 e. The molecule has 0 aliphatic rings. The minimum atomic E-state index is 0.0481. The van der Waals surface area contributed by atoms with E-state index >= 15 is 0 Å². The topological polar surface area (TPSA) is 29.1 Å². The number of benzene rings is 1. The first-order valence-electron chi connectivity index (χ1n) is 6.52. The van der Waals surface area contributed by atoms with Crippen LogP contribution in [-0.2, 0) is 6.42 Å². The molecule has 1 aromatic carbocycles. The molecule has 0 aromatic heterocycles. The Morgan fingerprint density at radius 3 is 2.41 bits per heavy atom. The van der Waals surface area contributed by atoms with Crippen molar-refractivity contribution in [3.05, 3.63) is 35.4 Å². The molecular formula is C15H23NO. The molecule has 1 atom stereocenters. The average Bonchev–Trinajstić information content (AvgIpc) is 2.36. The number of hydrogen-bond acceptors (Lipinski definition) is 2. The summed E-state index contributed by atoms with van der Waals surface area (Å²) in [6.45, 7) is 7.86. The number of hydrogen-bond donors (Lipinski definition) is 1. The molecule has 0 radical (unpaired) electrons. The molecule has 1 N–H and O–H groups in total. The summed E-state index contributed by atoms with van der Waals surface area (Å²) in [6, 6.07) is 8.04. The second kappa shape index (κ2) is 7.23. The lowest BCUT2D eigenvalue weighted by Gasteiger charge is -2.11. The molecule has 2 nitrogen and oxygen atoms in total. The number of carbonyl (C=O) groups excluding carboxylic acids is 1. The van der Waals surface area contributed by atoms with Gasteiger partial charge in [0.2, 0.25) is 0 Å². The Kier molecular flexibility index (Phi) is 5.92. The normalized spacial score (nSPS) is 12.4. The molecule has 17 heavy (non-hydrogen) atoms. The van der Waals surface area contributed by atoms with Crippen molar-refractivity contribution in [1.29, 1.82) is 0 Å². The number of rotatable bonds is 7. The average molecular weight is 233 g/mol. The van der Waals surface area contributed by atoms with Crippen molar-refractivity contribution in [2.24, 2.45) is 5.92 Å². The third kappa shape index (κ3) is 4.31. The Bertz CT molecular complexity index is 342. The number of ketones is 1. The molecule has 0 heterocycles. The molecule has 0 fully saturated rings. The lowest BCUT2D eigenvalue weighted by Crippen LogP contribution is -2.26. The van der Waals surface area contributed by atoms with Gasteiger partial charge in [-0.15, -0.1) is 0 Å². The van der Waals surface area contributed by atoms with Gasteiger partial charge in [-0.1, -0.05) is 51.5 Å². The minimum Gasteiger partial charge on any atom is -0.316 e. The second-order valence-corrected chi connectivity index (χ2v) is 4.52. The van der Waals surface area contributed by atoms with Gasteiger partial charge in [0.25, 0.3) is 0 Å². The summed E-state index contributed by atoms with van der Waals surface area (Å²) < 4.78 is 0. The zero-order valence-corrected chi connectivity index (χ0v) is 11.1. The molecule has 1 rings (SSSR count). The van der Waals surface area contributed by atoms with Crippen molar-refractivity contribution >= 4 is 5.78 Å². The predicted octanol–water partition coefficient (Wildman–Crippen LogP) is 3.07. The largest absolute Gasteiger partial charge is 0.316 e. The summed E-state index contributed by atoms with van der Waals surface area (Å²) >= 11 is 0. The van der Waals surface area contributed by atoms with E-state index in [1.807, 2.05) is 19.1 Å². The van der Waals surface area contributed by atoms with Crippen LogP contribution in [0.4, 0.5) is 0 Å². The third-order valence-corrected chi connectivity index (χ3v) is 2.93. The van der Waals surface area contributed by atoms with Gasteiger partial charge >= 0.3 is 0 Å². The number of aryl methyl sites for hydroxylation is 1. The maximum atomic E-state index is 12.1. The summed E-state index contributed by atoms with van der Waals surface area (Å²) in [5.74, 6) is 0.279. The van der Waals surface area contributed by atoms with Gasteiger partial charge in [-0.3, -0.25) is 4.79 Å². The molecule has 0 amide bonds. The molecule has 1 aromatic rings. The smallest absolute Gasteiger partial charge is 0.166 e. The van der Waals surface area contributed by atoms with Gasteiger partial charge in [-0.2, -0.15) is 0 Å². The van der Waals surface area contributed by atoms with Crippen molar-refractivity contribution in [2.75, 3.05) is 13.1 Å². The van der Waals surface area contributed by atoms with Crippen LogP contribution in [0, 0.1) is 5.92 Å². The summed E-state index contributed by atoms with van der Waals surface area (Å²) in [5, 5.41) is 3.21. The van der Waals surface area contributed by atoms with E-state index < -0.39 is 0 Å². The number of Topliss-reactive ketones (excluding diaryl/α,β-unsaturated/α-hetero) is 1. The molecule has 0 spiro atoms. The first kappa shape index (κ1) is 13.9. The van der Waals surface area contributed by atoms with E-state index in [9.17, 15) is 4.79 Å². The fraction of sp³-hybridized carbons (Fsp3) is 0.533. The lowest BCUT2D eigenvalue weighted by atomic mass is 9.97. The van der Waals surface area contributed by atoms with Crippen LogP contribution in [0.3, 0.4) is 0 Å². The van der Waals surface area contributed by atoms with E-state index in [-0.39, 0.29) is 11.7 Å². The van der Waals surface area contributed by atoms with Gasteiger partial charge in [-0.05, 0) is 18.5 Å². The predicted molar refractivity (Wildman–Crippen MR) is 72.5 cm³/mol. The zero-order valence-electron chi connectivity index (χ0n) is 11.1. The van der Waals surface area contributed by atoms with Crippen LogP contribution in [0.1, 0.15) is 43.1 Å². The Labute approximate surface area is 104 Å². The fourth-order valence-electron chi connectivity index (χ4n) is 1.86. The maximum absolute atomic E-state index is 12.1. The Hall–Kier alpha value is -1.15. The summed E-state index contributed by atoms with van der Waals surface area (Å²) in [5.41, 5.74) is 2.14. The highest BCUT2D eigenvalue weighted by molar-refractivity contribution is 5.97. The Morgan fingerprint density at radius 2 is 1.88 bits per heavy atom. The van der Waals surface area contributed by atoms with E-state index in [1.165, 1.54) is 5.56 Å². The van der Waals surface area contributed by atoms with Crippen LogP contribution in [0.25, 0.3) is 0 Å². The first-order chi connectivity index (χ1) is 8.19. The van der Waals surface area contributed by atoms with Gasteiger partial charge in [0.1, 0.15) is 0 Å². The standard InChI is InChI=1S/C15H23NO/c1-4-6-13-7-9-14(10-8-13)15(17)12(3)11-16-5-2/h7-10,12,16H,4-6,11H2,1-3H3. The van der Waals surface area contributed by atoms with Crippen molar-refractivity contribution in [1.82, 2.24) is 5.32 Å². The summed E-state index contributed by atoms with van der Waals surface area (Å²) in [6.07, 6.45) is 2.23. The van der Waals surface area contributed by atoms with Gasteiger partial charge < -0.3 is 5.32 Å². The Morgan fingerprint density at radius 1 is 1.24 bits per heavy atom. The second-order valence-electron chi connectivity index (χ2n) is 4.52. The van der Waals surface area contributed by atoms with Gasteiger partial charge in [0.15, 0.2) is 5.78 Å². The lowest BCUT2D eigenvalue weighted by molar-refractivity contribution is 0.0929. The van der Waals surface area contributed by atoms with Crippen LogP contribution in [-0.4, -0.2) is 18.9 Å². The highest BCUT2D eigenvalue weighted by atomic mass is 16.1. The van der Waals surface area contributed by atoms with Gasteiger partial charge in [-0.25, -0.2) is 0 Å². The molecule has 1 unspecified atom stereocenters. The fourth-order valence-corrected chi connectivity index (χ4v) is 1.86. The van der Waals surface area contributed by atoms with E-state index in [4.69, 9.17) is 0 Å². The van der Waals surface area contributed by atoms with Crippen molar-refractivity contribution < 1.29 is 4.79 Å². The third-order valence-electron chi connectivity index (χ3n) is 2.93. The molecule has 0 saturated carbocycles. The van der Waals surface area contributed by atoms with Gasteiger partial charge in [0, 0.05) is 18.0 Å². The monoisotopic (exact) mass is 233 g/mol. The quantitative estimate of drug-likeness (QED) is 0.733. The molecule has 0 aliphatic heterocycles. The van der Waals surface area contributed by atoms with Crippen LogP contribution < -0.4 is 5.32 Å². The van der Waals surface area contributed by atoms with Crippen LogP contribution in [0.2, 0.25) is 0 Å². The molecular weight excluding hydrogens is 210 g/mol. The molecule has 2 heteroatoms. The van der Waals surface area contributed by atoms with E-state index in [2.05, 4.69) is 31.3 Å². The van der Waals surface area contributed by atoms with Gasteiger partial charge in [0.05, 0.1) is 0 Å². The number of nitrogens with one attached hydrogen (secondary N) is 1. The Balaban J connectivity index is 2.62. The molecule has 0 bridgehead atoms. The SMILES string of the molecule is CCCc1ccc(C(=O)C(C)CNCC)cc1. The van der Waals surface area contributed by atoms with Crippen molar-refractivity contribution in [2.45, 2.75) is 33.6 Å². The summed E-state index contributed by atoms with van der Waals surface area (Å²) in [4.78, 5) is 12.1. The zero-order chi connectivity index (χ0) is 12.7. The van der Waals surface area contributed by atoms with E-state index in [0.717, 1.165) is 31.5 Å². The first-order valence-corrected chi connectivity index (χ1v) is 6.52. The van der Waals surface area contributed by atoms with Crippen molar-refractivity contribution in [3.63, 3.8) is 0 Å². The van der Waals surface area contributed by atoms with E-state index in [1.54, 1.807) is 0 Å². The number of carbonyl (C=O) groups is 1. The molecule has 0 saturated heterocycles. The minimum absolute atomic E-state index is 0.0481. The highest BCUT2D eigenvalue weighted by Gasteiger charge is 2.14.